The van der Waals surface area contributed by atoms with Crippen LogP contribution in [0.15, 0.2) is 39.9 Å². The first kappa shape index (κ1) is 27.5. The normalized spacial score (nSPS) is 11.1. The van der Waals surface area contributed by atoms with Crippen molar-refractivity contribution < 1.29 is 19.1 Å². The summed E-state index contributed by atoms with van der Waals surface area (Å²) in [6.07, 6.45) is 1.46. The minimum Gasteiger partial charge on any atom is -0.484 e. The fourth-order valence-electron chi connectivity index (χ4n) is 2.96. The number of carbonyl (C=O) groups is 2. The van der Waals surface area contributed by atoms with Crippen LogP contribution in [0.4, 0.5) is 4.79 Å². The number of nitrogens with two attached hydrogens (primary N) is 1. The molecule has 36 heavy (non-hydrogen) atoms. The molecular formula is C24H29N5O4S3. The van der Waals surface area contributed by atoms with E-state index in [1.165, 1.54) is 22.7 Å². The number of nitrogens with zero attached hydrogens (tertiary/aromatic N) is 1. The van der Waals surface area contributed by atoms with Crippen LogP contribution in [0, 0.1) is 5.41 Å². The fraction of sp³-hybridized carbons (Fsp3) is 0.333. The first-order chi connectivity index (χ1) is 17.1. The highest BCUT2D eigenvalue weighted by Gasteiger charge is 2.17. The molecule has 3 aromatic rings. The Labute approximate surface area is 222 Å². The SMILES string of the molecule is CSc1sc(C(=N)N)cc1-c1nc(-c2cccc(OCC(=O)NCCNC(=O)OC(C)(C)C)c2)cs1. The van der Waals surface area contributed by atoms with Gasteiger partial charge in [-0.3, -0.25) is 10.2 Å². The lowest BCUT2D eigenvalue weighted by molar-refractivity contribution is -0.123. The van der Waals surface area contributed by atoms with Crippen molar-refractivity contribution in [2.45, 2.75) is 30.6 Å². The van der Waals surface area contributed by atoms with E-state index in [1.54, 1.807) is 38.6 Å². The fourth-order valence-corrected chi connectivity index (χ4v) is 5.67. The third-order valence-corrected chi connectivity index (χ3v) is 7.68. The third kappa shape index (κ3) is 7.97. The zero-order valence-electron chi connectivity index (χ0n) is 20.5. The number of thiazole rings is 1. The summed E-state index contributed by atoms with van der Waals surface area (Å²) in [6.45, 7) is 5.70. The molecule has 2 heterocycles. The van der Waals surface area contributed by atoms with Crippen molar-refractivity contribution in [1.82, 2.24) is 15.6 Å². The highest BCUT2D eigenvalue weighted by atomic mass is 32.2. The Hall–Kier alpha value is -3.09. The molecule has 0 bridgehead atoms. The van der Waals surface area contributed by atoms with Crippen LogP contribution in [0.2, 0.25) is 0 Å². The highest BCUT2D eigenvalue weighted by molar-refractivity contribution is 8.00. The minimum atomic E-state index is -0.573. The van der Waals surface area contributed by atoms with Crippen LogP contribution in [-0.4, -0.2) is 54.4 Å². The Morgan fingerprint density at radius 1 is 1.19 bits per heavy atom. The van der Waals surface area contributed by atoms with E-state index >= 15 is 0 Å². The van der Waals surface area contributed by atoms with E-state index in [1.807, 2.05) is 35.9 Å². The van der Waals surface area contributed by atoms with E-state index in [0.29, 0.717) is 5.75 Å². The van der Waals surface area contributed by atoms with Crippen molar-refractivity contribution in [3.8, 4) is 27.6 Å². The second kappa shape index (κ2) is 12.2. The van der Waals surface area contributed by atoms with Crippen LogP contribution in [-0.2, 0) is 9.53 Å². The number of aromatic nitrogens is 1. The molecule has 9 nitrogen and oxygen atoms in total. The van der Waals surface area contributed by atoms with Gasteiger partial charge in [0.25, 0.3) is 5.91 Å². The largest absolute Gasteiger partial charge is 0.484 e. The van der Waals surface area contributed by atoms with Crippen molar-refractivity contribution >= 4 is 52.3 Å². The number of ether oxygens (including phenoxy) is 2. The molecule has 192 valence electrons. The summed E-state index contributed by atoms with van der Waals surface area (Å²) in [7, 11) is 0. The molecule has 0 spiro atoms. The second-order valence-corrected chi connectivity index (χ2v) is 11.5. The first-order valence-electron chi connectivity index (χ1n) is 11.0. The van der Waals surface area contributed by atoms with Gasteiger partial charge in [-0.15, -0.1) is 34.4 Å². The number of amides is 2. The molecule has 0 aliphatic carbocycles. The Morgan fingerprint density at radius 3 is 2.64 bits per heavy atom. The van der Waals surface area contributed by atoms with Gasteiger partial charge in [0.15, 0.2) is 6.61 Å². The second-order valence-electron chi connectivity index (χ2n) is 8.56. The van der Waals surface area contributed by atoms with Crippen molar-refractivity contribution in [2.75, 3.05) is 26.0 Å². The molecule has 0 aliphatic heterocycles. The summed E-state index contributed by atoms with van der Waals surface area (Å²) in [5.41, 5.74) is 7.72. The van der Waals surface area contributed by atoms with E-state index in [2.05, 4.69) is 10.6 Å². The predicted octanol–water partition coefficient (Wildman–Crippen LogP) is 4.56. The van der Waals surface area contributed by atoms with Gasteiger partial charge in [0.1, 0.15) is 22.2 Å². The Kier molecular flexibility index (Phi) is 9.35. The van der Waals surface area contributed by atoms with Gasteiger partial charge >= 0.3 is 6.09 Å². The van der Waals surface area contributed by atoms with Crippen LogP contribution in [0.5, 0.6) is 5.75 Å². The van der Waals surface area contributed by atoms with Gasteiger partial charge < -0.3 is 25.8 Å². The first-order valence-corrected chi connectivity index (χ1v) is 13.9. The minimum absolute atomic E-state index is 0.0477. The molecule has 0 atom stereocenters. The molecule has 12 heteroatoms. The van der Waals surface area contributed by atoms with Gasteiger partial charge in [-0.2, -0.15) is 0 Å². The summed E-state index contributed by atoms with van der Waals surface area (Å²) >= 11 is 4.61. The van der Waals surface area contributed by atoms with E-state index in [9.17, 15) is 9.59 Å². The zero-order chi connectivity index (χ0) is 26.3. The summed E-state index contributed by atoms with van der Waals surface area (Å²) in [5.74, 6) is 0.292. The number of thiophene rings is 1. The molecule has 5 N–H and O–H groups in total. The summed E-state index contributed by atoms with van der Waals surface area (Å²) in [6, 6.07) is 9.29. The van der Waals surface area contributed by atoms with Gasteiger partial charge in [-0.05, 0) is 45.2 Å². The molecule has 1 aromatic carbocycles. The Morgan fingerprint density at radius 2 is 1.94 bits per heavy atom. The van der Waals surface area contributed by atoms with E-state index in [0.717, 1.165) is 30.9 Å². The number of nitrogens with one attached hydrogen (secondary N) is 3. The average Bonchev–Trinajstić information content (AvgIpc) is 3.47. The van der Waals surface area contributed by atoms with Crippen molar-refractivity contribution in [2.24, 2.45) is 5.73 Å². The van der Waals surface area contributed by atoms with Gasteiger partial charge in [-0.1, -0.05) is 12.1 Å². The highest BCUT2D eigenvalue weighted by Crippen LogP contribution is 2.40. The Balaban J connectivity index is 1.54. The van der Waals surface area contributed by atoms with Gasteiger partial charge in [-0.25, -0.2) is 9.78 Å². The molecule has 0 radical (unpaired) electrons. The van der Waals surface area contributed by atoms with Gasteiger partial charge in [0.05, 0.1) is 14.8 Å². The third-order valence-electron chi connectivity index (χ3n) is 4.50. The van der Waals surface area contributed by atoms with E-state index in [4.69, 9.17) is 25.6 Å². The number of hydrogen-bond donors (Lipinski definition) is 4. The summed E-state index contributed by atoms with van der Waals surface area (Å²) in [5, 5.41) is 15.8. The standard InChI is InChI=1S/C24H29N5O4S3/c1-24(2,3)33-23(31)28-9-8-27-19(30)12-32-15-7-5-6-14(10-15)17-13-35-21(29-17)16-11-18(20(25)26)36-22(16)34-4/h5-7,10-11,13H,8-9,12H2,1-4H3,(H3,25,26)(H,27,30)(H,28,31). The number of thioether (sulfide) groups is 1. The zero-order valence-corrected chi connectivity index (χ0v) is 22.9. The molecule has 0 saturated heterocycles. The number of benzene rings is 1. The van der Waals surface area contributed by atoms with E-state index in [-0.39, 0.29) is 31.4 Å². The topological polar surface area (TPSA) is 139 Å². The van der Waals surface area contributed by atoms with Crippen LogP contribution in [0.1, 0.15) is 25.6 Å². The van der Waals surface area contributed by atoms with Gasteiger partial charge in [0, 0.05) is 29.6 Å². The number of amidine groups is 1. The predicted molar refractivity (Wildman–Crippen MR) is 146 cm³/mol. The molecule has 0 saturated carbocycles. The lowest BCUT2D eigenvalue weighted by atomic mass is 10.1. The number of alkyl carbamates (subject to hydrolysis) is 1. The molecule has 3 rings (SSSR count). The smallest absolute Gasteiger partial charge is 0.407 e. The van der Waals surface area contributed by atoms with E-state index < -0.39 is 11.7 Å². The van der Waals surface area contributed by atoms with Crippen LogP contribution in [0.3, 0.4) is 0 Å². The Bertz CT molecular complexity index is 1230. The van der Waals surface area contributed by atoms with Crippen LogP contribution < -0.4 is 21.1 Å². The molecule has 2 aromatic heterocycles. The molecule has 0 fully saturated rings. The number of rotatable bonds is 10. The maximum atomic E-state index is 12.1. The monoisotopic (exact) mass is 547 g/mol. The van der Waals surface area contributed by atoms with Crippen molar-refractivity contribution in [1.29, 1.82) is 5.41 Å². The quantitative estimate of drug-likeness (QED) is 0.126. The molecular weight excluding hydrogens is 518 g/mol. The van der Waals surface area contributed by atoms with Crippen molar-refractivity contribution in [3.05, 3.63) is 40.6 Å². The summed E-state index contributed by atoms with van der Waals surface area (Å²) in [4.78, 5) is 29.2. The molecule has 2 amide bonds. The molecule has 0 unspecified atom stereocenters. The lowest BCUT2D eigenvalue weighted by Gasteiger charge is -2.19. The van der Waals surface area contributed by atoms with Crippen LogP contribution >= 0.6 is 34.4 Å². The molecule has 0 aliphatic rings. The number of carbonyl (C=O) groups excluding carboxylic acids is 2. The average molecular weight is 548 g/mol. The van der Waals surface area contributed by atoms with Gasteiger partial charge in [0.2, 0.25) is 0 Å². The maximum absolute atomic E-state index is 12.1. The lowest BCUT2D eigenvalue weighted by Crippen LogP contribution is -2.39. The number of hydrogen-bond acceptors (Lipinski definition) is 9. The number of nitrogen functional groups attached to an aromatic ring is 1. The summed E-state index contributed by atoms with van der Waals surface area (Å²) < 4.78 is 11.8. The van der Waals surface area contributed by atoms with Crippen LogP contribution in [0.25, 0.3) is 21.8 Å². The maximum Gasteiger partial charge on any atom is 0.407 e. The van der Waals surface area contributed by atoms with Crippen molar-refractivity contribution in [3.63, 3.8) is 0 Å².